The zero-order valence-electron chi connectivity index (χ0n) is 17.9. The monoisotopic (exact) mass is 439 g/mol. The molecule has 0 spiro atoms. The molecular formula is C26H21N3O4. The van der Waals surface area contributed by atoms with E-state index in [2.05, 4.69) is 26.6 Å². The molecule has 5 aromatic rings. The molecule has 0 aliphatic carbocycles. The maximum atomic E-state index is 13.2. The highest BCUT2D eigenvalue weighted by atomic mass is 16.5. The number of nitrogens with zero attached hydrogens (tertiary/aromatic N) is 2. The molecule has 0 fully saturated rings. The van der Waals surface area contributed by atoms with E-state index in [1.165, 1.54) is 0 Å². The van der Waals surface area contributed by atoms with E-state index in [4.69, 9.17) is 4.74 Å². The number of amides is 1. The Morgan fingerprint density at radius 1 is 1.06 bits per heavy atom. The van der Waals surface area contributed by atoms with E-state index in [1.807, 2.05) is 37.3 Å². The van der Waals surface area contributed by atoms with Crippen LogP contribution < -0.4 is 10.1 Å². The van der Waals surface area contributed by atoms with Gasteiger partial charge in [0, 0.05) is 40.0 Å². The number of benzene rings is 3. The van der Waals surface area contributed by atoms with Crippen LogP contribution in [0.25, 0.3) is 43.6 Å². The molecule has 0 bridgehead atoms. The lowest BCUT2D eigenvalue weighted by atomic mass is 9.90. The maximum Gasteiger partial charge on any atom is 0.252 e. The van der Waals surface area contributed by atoms with Gasteiger partial charge in [0.25, 0.3) is 5.91 Å². The number of para-hydroxylation sites is 2. The van der Waals surface area contributed by atoms with E-state index in [0.717, 1.165) is 60.5 Å². The molecule has 33 heavy (non-hydrogen) atoms. The van der Waals surface area contributed by atoms with Gasteiger partial charge in [0.1, 0.15) is 11.4 Å². The predicted molar refractivity (Wildman–Crippen MR) is 125 cm³/mol. The molecule has 0 saturated heterocycles. The average Bonchev–Trinajstić information content (AvgIpc) is 3.55. The summed E-state index contributed by atoms with van der Waals surface area (Å²) in [6.45, 7) is 2.05. The van der Waals surface area contributed by atoms with Crippen molar-refractivity contribution >= 4 is 49.5 Å². The molecule has 5 heterocycles. The summed E-state index contributed by atoms with van der Waals surface area (Å²) in [5.41, 5.74) is 4.23. The van der Waals surface area contributed by atoms with Crippen LogP contribution in [0.3, 0.4) is 0 Å². The molecule has 7 nitrogen and oxygen atoms in total. The molecular weight excluding hydrogens is 418 g/mol. The van der Waals surface area contributed by atoms with Crippen molar-refractivity contribution in [2.75, 3.05) is 6.61 Å². The van der Waals surface area contributed by atoms with Gasteiger partial charge in [-0.3, -0.25) is 9.36 Å². The van der Waals surface area contributed by atoms with Crippen LogP contribution in [-0.4, -0.2) is 37.5 Å². The van der Waals surface area contributed by atoms with E-state index in [0.29, 0.717) is 6.54 Å². The van der Waals surface area contributed by atoms with Gasteiger partial charge in [0.15, 0.2) is 6.23 Å². The Kier molecular flexibility index (Phi) is 2.99. The molecule has 3 aliphatic rings. The Morgan fingerprint density at radius 2 is 1.85 bits per heavy atom. The Balaban J connectivity index is 1.76. The van der Waals surface area contributed by atoms with E-state index in [-0.39, 0.29) is 18.9 Å². The Bertz CT molecular complexity index is 1730. The van der Waals surface area contributed by atoms with Crippen molar-refractivity contribution in [2.24, 2.45) is 0 Å². The fraction of sp³-hybridized carbons (Fsp3) is 0.269. The van der Waals surface area contributed by atoms with Crippen LogP contribution in [0, 0.1) is 0 Å². The second kappa shape index (κ2) is 5.50. The number of aromatic nitrogens is 2. The van der Waals surface area contributed by atoms with Crippen LogP contribution in [0.1, 0.15) is 41.5 Å². The maximum absolute atomic E-state index is 13.2. The summed E-state index contributed by atoms with van der Waals surface area (Å²) in [6.07, 6.45) is -0.242. The van der Waals surface area contributed by atoms with Crippen molar-refractivity contribution in [3.8, 4) is 5.75 Å². The number of aliphatic hydroxyl groups is 2. The third kappa shape index (κ3) is 1.82. The van der Waals surface area contributed by atoms with Crippen LogP contribution in [0.15, 0.2) is 42.5 Å². The SMILES string of the molecule is C[C@@H]1n2c3ccccc3c3c4c(c5c6cccc7c6n(c5c32)[C@@H](C[C@@]1(O)CO)O7)C(=O)NC4. The third-order valence-electron chi connectivity index (χ3n) is 8.15. The minimum absolute atomic E-state index is 0.0480. The van der Waals surface area contributed by atoms with Crippen molar-refractivity contribution in [3.63, 3.8) is 0 Å². The average molecular weight is 439 g/mol. The lowest BCUT2D eigenvalue weighted by Gasteiger charge is -2.38. The highest BCUT2D eigenvalue weighted by Crippen LogP contribution is 2.53. The second-order valence-electron chi connectivity index (χ2n) is 9.61. The normalized spacial score (nSPS) is 25.4. The fourth-order valence-corrected chi connectivity index (χ4v) is 6.61. The molecule has 3 atom stereocenters. The van der Waals surface area contributed by atoms with Gasteiger partial charge in [0.2, 0.25) is 0 Å². The summed E-state index contributed by atoms with van der Waals surface area (Å²) in [7, 11) is 0. The molecule has 3 N–H and O–H groups in total. The van der Waals surface area contributed by atoms with E-state index in [9.17, 15) is 15.0 Å². The Morgan fingerprint density at radius 3 is 2.70 bits per heavy atom. The van der Waals surface area contributed by atoms with E-state index < -0.39 is 17.9 Å². The number of nitrogens with one attached hydrogen (secondary N) is 1. The van der Waals surface area contributed by atoms with Gasteiger partial charge in [-0.2, -0.15) is 0 Å². The number of carbonyl (C=O) groups is 1. The number of hydrogen-bond donors (Lipinski definition) is 3. The van der Waals surface area contributed by atoms with Gasteiger partial charge in [0.05, 0.1) is 34.8 Å². The molecule has 0 radical (unpaired) electrons. The molecule has 0 unspecified atom stereocenters. The van der Waals surface area contributed by atoms with Crippen LogP contribution in [0.5, 0.6) is 5.75 Å². The largest absolute Gasteiger partial charge is 0.468 e. The van der Waals surface area contributed by atoms with Gasteiger partial charge in [-0.05, 0) is 24.6 Å². The molecule has 8 rings (SSSR count). The highest BCUT2D eigenvalue weighted by molar-refractivity contribution is 6.31. The predicted octanol–water partition coefficient (Wildman–Crippen LogP) is 3.72. The number of aliphatic hydroxyl groups excluding tert-OH is 1. The molecule has 0 saturated carbocycles. The third-order valence-corrected chi connectivity index (χ3v) is 8.15. The Hall–Kier alpha value is -3.55. The number of hydrogen-bond acceptors (Lipinski definition) is 4. The van der Waals surface area contributed by atoms with Crippen LogP contribution in [0.4, 0.5) is 0 Å². The Labute approximate surface area is 187 Å². The summed E-state index contributed by atoms with van der Waals surface area (Å²) < 4.78 is 10.7. The number of rotatable bonds is 1. The van der Waals surface area contributed by atoms with Crippen molar-refractivity contribution < 1.29 is 19.7 Å². The summed E-state index contributed by atoms with van der Waals surface area (Å²) in [4.78, 5) is 13.2. The lowest BCUT2D eigenvalue weighted by Crippen LogP contribution is -2.44. The molecule has 1 amide bonds. The first-order valence-corrected chi connectivity index (χ1v) is 11.4. The number of ether oxygens (including phenoxy) is 1. The van der Waals surface area contributed by atoms with E-state index >= 15 is 0 Å². The van der Waals surface area contributed by atoms with Crippen molar-refractivity contribution in [1.82, 2.24) is 14.5 Å². The minimum atomic E-state index is -1.39. The summed E-state index contributed by atoms with van der Waals surface area (Å²) in [5.74, 6) is 0.694. The number of fused-ring (bicyclic) bond motifs is 7. The molecule has 164 valence electrons. The molecule has 7 heteroatoms. The summed E-state index contributed by atoms with van der Waals surface area (Å²) in [6, 6.07) is 13.7. The first-order chi connectivity index (χ1) is 16.0. The first-order valence-electron chi connectivity index (χ1n) is 11.4. The fourth-order valence-electron chi connectivity index (χ4n) is 6.61. The van der Waals surface area contributed by atoms with Crippen LogP contribution in [-0.2, 0) is 6.54 Å². The van der Waals surface area contributed by atoms with Gasteiger partial charge in [-0.15, -0.1) is 0 Å². The molecule has 3 aliphatic heterocycles. The van der Waals surface area contributed by atoms with Crippen molar-refractivity contribution in [2.45, 2.75) is 37.8 Å². The summed E-state index contributed by atoms with van der Waals surface area (Å²) >= 11 is 0. The highest BCUT2D eigenvalue weighted by Gasteiger charge is 2.46. The number of carbonyl (C=O) groups excluding carboxylic acids is 1. The zero-order chi connectivity index (χ0) is 22.2. The van der Waals surface area contributed by atoms with Gasteiger partial charge < -0.3 is 24.8 Å². The molecule has 2 aromatic heterocycles. The lowest BCUT2D eigenvalue weighted by molar-refractivity contribution is -0.0842. The van der Waals surface area contributed by atoms with Crippen molar-refractivity contribution in [1.29, 1.82) is 0 Å². The summed E-state index contributed by atoms with van der Waals surface area (Å²) in [5, 5.41) is 29.2. The molecule has 3 aromatic carbocycles. The quantitative estimate of drug-likeness (QED) is 0.371. The minimum Gasteiger partial charge on any atom is -0.468 e. The van der Waals surface area contributed by atoms with Crippen molar-refractivity contribution in [3.05, 3.63) is 53.6 Å². The van der Waals surface area contributed by atoms with Gasteiger partial charge >= 0.3 is 0 Å². The standard InChI is InChI=1S/C26H21N3O4/c1-12-26(32,11-30)9-18-29-22-14(6-4-8-17(22)33-18)20-21-15(10-27-25(21)31)19-13-5-2-3-7-16(13)28(12)23(19)24(20)29/h2-8,12,18,30,32H,9-11H2,1H3,(H,27,31)/t12-,18+,26+/m0/s1. The van der Waals surface area contributed by atoms with Crippen LogP contribution >= 0.6 is 0 Å². The topological polar surface area (TPSA) is 88.7 Å². The van der Waals surface area contributed by atoms with E-state index in [1.54, 1.807) is 0 Å². The van der Waals surface area contributed by atoms with Gasteiger partial charge in [-0.1, -0.05) is 30.3 Å². The van der Waals surface area contributed by atoms with Crippen LogP contribution in [0.2, 0.25) is 0 Å². The smallest absolute Gasteiger partial charge is 0.252 e. The second-order valence-corrected chi connectivity index (χ2v) is 9.61. The van der Waals surface area contributed by atoms with Gasteiger partial charge in [-0.25, -0.2) is 0 Å². The zero-order valence-corrected chi connectivity index (χ0v) is 17.9. The first kappa shape index (κ1) is 17.9.